The van der Waals surface area contributed by atoms with Gasteiger partial charge in [-0.15, -0.1) is 0 Å². The third kappa shape index (κ3) is 2.67. The van der Waals surface area contributed by atoms with Crippen LogP contribution in [0.2, 0.25) is 0 Å². The molecule has 0 amide bonds. The minimum atomic E-state index is -4.59. The molecule has 1 heterocycles. The molecule has 120 valence electrons. The number of nitro groups is 1. The molecule has 1 unspecified atom stereocenters. The monoisotopic (exact) mass is 324 g/mol. The zero-order valence-electron chi connectivity index (χ0n) is 11.6. The summed E-state index contributed by atoms with van der Waals surface area (Å²) >= 11 is 0. The number of hydrogen-bond acceptors (Lipinski definition) is 4. The largest absolute Gasteiger partial charge is 0.485 e. The van der Waals surface area contributed by atoms with E-state index in [0.29, 0.717) is 23.1 Å². The molecule has 0 aliphatic carbocycles. The average Bonchev–Trinajstić information content (AvgIpc) is 2.91. The van der Waals surface area contributed by atoms with E-state index in [1.807, 2.05) is 0 Å². The van der Waals surface area contributed by atoms with E-state index in [-0.39, 0.29) is 12.0 Å². The van der Waals surface area contributed by atoms with Crippen molar-refractivity contribution in [2.45, 2.75) is 18.7 Å². The lowest BCUT2D eigenvalue weighted by atomic mass is 9.99. The quantitative estimate of drug-likeness (QED) is 0.517. The first-order chi connectivity index (χ1) is 10.8. The highest BCUT2D eigenvalue weighted by Crippen LogP contribution is 2.43. The molecule has 23 heavy (non-hydrogen) atoms. The van der Waals surface area contributed by atoms with Crippen molar-refractivity contribution in [1.82, 2.24) is 0 Å². The highest BCUT2D eigenvalue weighted by atomic mass is 19.4. The van der Waals surface area contributed by atoms with Gasteiger partial charge in [-0.3, -0.25) is 10.1 Å². The Morgan fingerprint density at radius 3 is 2.61 bits per heavy atom. The number of hydrogen-bond donors (Lipinski definition) is 1. The van der Waals surface area contributed by atoms with Gasteiger partial charge in [-0.05, 0) is 24.3 Å². The first kappa shape index (κ1) is 15.1. The zero-order valence-corrected chi connectivity index (χ0v) is 11.6. The molecule has 1 aliphatic rings. The van der Waals surface area contributed by atoms with Gasteiger partial charge >= 0.3 is 6.18 Å². The van der Waals surface area contributed by atoms with Gasteiger partial charge in [-0.1, -0.05) is 6.07 Å². The summed E-state index contributed by atoms with van der Waals surface area (Å²) in [5.41, 5.74) is 5.43. The van der Waals surface area contributed by atoms with Crippen molar-refractivity contribution < 1.29 is 22.8 Å². The van der Waals surface area contributed by atoms with E-state index in [4.69, 9.17) is 10.5 Å². The van der Waals surface area contributed by atoms with Crippen LogP contribution in [0, 0.1) is 10.1 Å². The van der Waals surface area contributed by atoms with E-state index in [9.17, 15) is 23.3 Å². The number of fused-ring (bicyclic) bond motifs is 1. The smallest absolute Gasteiger partial charge is 0.416 e. The molecule has 2 aromatic carbocycles. The van der Waals surface area contributed by atoms with Crippen molar-refractivity contribution in [3.05, 3.63) is 63.2 Å². The molecule has 0 fully saturated rings. The normalized spacial score (nSPS) is 16.7. The lowest BCUT2D eigenvalue weighted by Gasteiger charge is -2.14. The fraction of sp³-hybridized carbons (Fsp3) is 0.200. The van der Waals surface area contributed by atoms with Crippen LogP contribution >= 0.6 is 0 Å². The Hall–Kier alpha value is -2.77. The summed E-state index contributed by atoms with van der Waals surface area (Å²) in [4.78, 5) is 10.4. The third-order valence-electron chi connectivity index (χ3n) is 3.73. The Labute approximate surface area is 128 Å². The fourth-order valence-corrected chi connectivity index (χ4v) is 2.62. The number of nitrogens with two attached hydrogens (primary N) is 1. The minimum Gasteiger partial charge on any atom is -0.485 e. The molecule has 1 atom stereocenters. The van der Waals surface area contributed by atoms with Crippen LogP contribution in [0.5, 0.6) is 5.75 Å². The number of nitro benzene ring substituents is 1. The number of alkyl halides is 3. The van der Waals surface area contributed by atoms with Crippen LogP contribution < -0.4 is 10.5 Å². The molecule has 2 N–H and O–H groups in total. The lowest BCUT2D eigenvalue weighted by Crippen LogP contribution is -2.11. The van der Waals surface area contributed by atoms with E-state index >= 15 is 0 Å². The topological polar surface area (TPSA) is 78.4 Å². The van der Waals surface area contributed by atoms with Crippen LogP contribution in [0.15, 0.2) is 36.4 Å². The van der Waals surface area contributed by atoms with E-state index < -0.39 is 28.5 Å². The molecule has 1 aliphatic heterocycles. The van der Waals surface area contributed by atoms with Gasteiger partial charge in [0.25, 0.3) is 5.69 Å². The maximum Gasteiger partial charge on any atom is 0.416 e. The Kier molecular flexibility index (Phi) is 3.39. The second kappa shape index (κ2) is 5.15. The number of ether oxygens (including phenoxy) is 1. The van der Waals surface area contributed by atoms with E-state index in [1.54, 1.807) is 18.2 Å². The maximum atomic E-state index is 12.9. The van der Waals surface area contributed by atoms with Gasteiger partial charge in [0.2, 0.25) is 0 Å². The van der Waals surface area contributed by atoms with Gasteiger partial charge in [-0.25, -0.2) is 0 Å². The number of halogens is 3. The molecule has 0 saturated heterocycles. The van der Waals surface area contributed by atoms with Crippen LogP contribution in [0.4, 0.5) is 24.5 Å². The summed E-state index contributed by atoms with van der Waals surface area (Å²) < 4.78 is 44.2. The molecule has 5 nitrogen and oxygen atoms in total. The molecule has 0 aromatic heterocycles. The van der Waals surface area contributed by atoms with Gasteiger partial charge in [0.05, 0.1) is 16.1 Å². The second-order valence-corrected chi connectivity index (χ2v) is 5.16. The van der Waals surface area contributed by atoms with Gasteiger partial charge in [0, 0.05) is 23.7 Å². The summed E-state index contributed by atoms with van der Waals surface area (Å²) in [6, 6.07) is 7.24. The van der Waals surface area contributed by atoms with Gasteiger partial charge in [0.15, 0.2) is 0 Å². The number of nitrogens with zero attached hydrogens (tertiary/aromatic N) is 1. The Bertz CT molecular complexity index is 790. The van der Waals surface area contributed by atoms with Crippen LogP contribution in [0.3, 0.4) is 0 Å². The van der Waals surface area contributed by atoms with E-state index in [2.05, 4.69) is 0 Å². The van der Waals surface area contributed by atoms with Crippen molar-refractivity contribution >= 4 is 11.4 Å². The summed E-state index contributed by atoms with van der Waals surface area (Å²) in [7, 11) is 0. The molecule has 0 radical (unpaired) electrons. The molecule has 2 aromatic rings. The number of rotatable bonds is 2. The summed E-state index contributed by atoms with van der Waals surface area (Å²) in [6.07, 6.45) is -5.28. The van der Waals surface area contributed by atoms with Crippen molar-refractivity contribution in [2.24, 2.45) is 0 Å². The van der Waals surface area contributed by atoms with Gasteiger partial charge in [0.1, 0.15) is 11.9 Å². The lowest BCUT2D eigenvalue weighted by molar-refractivity contribution is -0.386. The fourth-order valence-electron chi connectivity index (χ4n) is 2.62. The second-order valence-electron chi connectivity index (χ2n) is 5.16. The van der Waals surface area contributed by atoms with Crippen LogP contribution in [0.25, 0.3) is 0 Å². The number of benzene rings is 2. The Balaban J connectivity index is 2.06. The standard InChI is InChI=1S/C15H11F3N2O3/c16-15(17,18)8-4-5-12(20(21)22)10(6-8)14-7-9-11(19)2-1-3-13(9)23-14/h1-6,14H,7,19H2. The molecule has 0 spiro atoms. The molecule has 3 rings (SSSR count). The van der Waals surface area contributed by atoms with Crippen LogP contribution in [-0.4, -0.2) is 4.92 Å². The van der Waals surface area contributed by atoms with Crippen molar-refractivity contribution in [2.75, 3.05) is 5.73 Å². The first-order valence-corrected chi connectivity index (χ1v) is 6.67. The Morgan fingerprint density at radius 2 is 2.00 bits per heavy atom. The predicted octanol–water partition coefficient (Wildman–Crippen LogP) is 3.87. The van der Waals surface area contributed by atoms with E-state index in [0.717, 1.165) is 12.1 Å². The molecule has 0 bridgehead atoms. The molecule has 0 saturated carbocycles. The average molecular weight is 324 g/mol. The SMILES string of the molecule is Nc1cccc2c1CC(c1cc(C(F)(F)F)ccc1[N+](=O)[O-])O2. The number of anilines is 1. The van der Waals surface area contributed by atoms with Gasteiger partial charge in [-0.2, -0.15) is 13.2 Å². The van der Waals surface area contributed by atoms with Crippen molar-refractivity contribution in [1.29, 1.82) is 0 Å². The summed E-state index contributed by atoms with van der Waals surface area (Å²) in [5, 5.41) is 11.1. The van der Waals surface area contributed by atoms with Gasteiger partial charge < -0.3 is 10.5 Å². The third-order valence-corrected chi connectivity index (χ3v) is 3.73. The summed E-state index contributed by atoms with van der Waals surface area (Å²) in [5.74, 6) is 0.432. The van der Waals surface area contributed by atoms with Crippen LogP contribution in [0.1, 0.15) is 22.8 Å². The highest BCUT2D eigenvalue weighted by molar-refractivity contribution is 5.58. The first-order valence-electron chi connectivity index (χ1n) is 6.67. The zero-order chi connectivity index (χ0) is 16.8. The number of nitrogen functional groups attached to an aromatic ring is 1. The molecular weight excluding hydrogens is 313 g/mol. The summed E-state index contributed by atoms with van der Waals surface area (Å²) in [6.45, 7) is 0. The van der Waals surface area contributed by atoms with Crippen molar-refractivity contribution in [3.63, 3.8) is 0 Å². The van der Waals surface area contributed by atoms with E-state index in [1.165, 1.54) is 0 Å². The van der Waals surface area contributed by atoms with Crippen molar-refractivity contribution in [3.8, 4) is 5.75 Å². The maximum absolute atomic E-state index is 12.9. The van der Waals surface area contributed by atoms with Crippen LogP contribution in [-0.2, 0) is 12.6 Å². The predicted molar refractivity (Wildman–Crippen MR) is 76.0 cm³/mol. The minimum absolute atomic E-state index is 0.111. The molecular formula is C15H11F3N2O3. The highest BCUT2D eigenvalue weighted by Gasteiger charge is 2.36. The molecule has 8 heteroatoms. The Morgan fingerprint density at radius 1 is 1.26 bits per heavy atom.